The molecule has 2 aliphatic heterocycles. The SMILES string of the molecule is CCC=NC(=C1CN(C(N)=S)C1)C(=C(C)CC)N1CCC(CO)CC1. The molecule has 2 rings (SSSR count). The number of piperidine rings is 1. The number of aliphatic imine (C=N–C) groups is 1. The van der Waals surface area contributed by atoms with E-state index in [4.69, 9.17) is 22.9 Å². The number of likely N-dealkylation sites (tertiary alicyclic amines) is 2. The summed E-state index contributed by atoms with van der Waals surface area (Å²) in [5.74, 6) is 0.434. The van der Waals surface area contributed by atoms with E-state index in [1.807, 2.05) is 11.1 Å². The van der Waals surface area contributed by atoms with Crippen LogP contribution in [0, 0.1) is 5.92 Å². The number of aliphatic hydroxyl groups is 1. The van der Waals surface area contributed by atoms with Gasteiger partial charge in [-0.3, -0.25) is 4.99 Å². The van der Waals surface area contributed by atoms with Crippen molar-refractivity contribution in [1.82, 2.24) is 9.80 Å². The second kappa shape index (κ2) is 9.34. The number of allylic oxidation sites excluding steroid dienone is 1. The first-order valence-corrected chi connectivity index (χ1v) is 9.77. The largest absolute Gasteiger partial charge is 0.396 e. The van der Waals surface area contributed by atoms with Gasteiger partial charge in [0.25, 0.3) is 0 Å². The van der Waals surface area contributed by atoms with Gasteiger partial charge in [-0.15, -0.1) is 0 Å². The predicted molar refractivity (Wildman–Crippen MR) is 109 cm³/mol. The smallest absolute Gasteiger partial charge is 0.166 e. The van der Waals surface area contributed by atoms with E-state index < -0.39 is 0 Å². The molecule has 0 amide bonds. The van der Waals surface area contributed by atoms with Gasteiger partial charge in [-0.25, -0.2) is 0 Å². The van der Waals surface area contributed by atoms with E-state index in [2.05, 4.69) is 25.7 Å². The Labute approximate surface area is 157 Å². The van der Waals surface area contributed by atoms with E-state index in [9.17, 15) is 5.11 Å². The number of aliphatic hydroxyl groups excluding tert-OH is 1. The Balaban J connectivity index is 2.31. The molecule has 2 saturated heterocycles. The molecule has 0 unspecified atom stereocenters. The molecule has 0 radical (unpaired) electrons. The van der Waals surface area contributed by atoms with Crippen molar-refractivity contribution in [2.24, 2.45) is 16.6 Å². The monoisotopic (exact) mass is 364 g/mol. The molecule has 140 valence electrons. The van der Waals surface area contributed by atoms with E-state index in [1.54, 1.807) is 0 Å². The minimum Gasteiger partial charge on any atom is -0.396 e. The highest BCUT2D eigenvalue weighted by Gasteiger charge is 2.29. The van der Waals surface area contributed by atoms with E-state index in [0.29, 0.717) is 17.6 Å². The maximum Gasteiger partial charge on any atom is 0.166 e. The normalized spacial score (nSPS) is 19.9. The Hall–Kier alpha value is -1.40. The van der Waals surface area contributed by atoms with E-state index in [0.717, 1.165) is 57.6 Å². The number of thiocarbonyl (C=S) groups is 1. The number of rotatable bonds is 6. The van der Waals surface area contributed by atoms with Gasteiger partial charge in [0.1, 0.15) is 0 Å². The summed E-state index contributed by atoms with van der Waals surface area (Å²) in [6, 6.07) is 0. The van der Waals surface area contributed by atoms with Gasteiger partial charge >= 0.3 is 0 Å². The molecule has 0 bridgehead atoms. The molecule has 0 spiro atoms. The van der Waals surface area contributed by atoms with Crippen LogP contribution in [0.3, 0.4) is 0 Å². The van der Waals surface area contributed by atoms with Crippen LogP contribution in [0.1, 0.15) is 46.5 Å². The zero-order valence-corrected chi connectivity index (χ0v) is 16.6. The maximum absolute atomic E-state index is 9.42. The van der Waals surface area contributed by atoms with Gasteiger partial charge in [0.15, 0.2) is 5.11 Å². The van der Waals surface area contributed by atoms with Gasteiger partial charge < -0.3 is 20.6 Å². The third kappa shape index (κ3) is 4.82. The molecule has 0 aromatic carbocycles. The molecule has 0 saturated carbocycles. The Bertz CT molecular complexity index is 566. The number of hydrogen-bond donors (Lipinski definition) is 2. The van der Waals surface area contributed by atoms with Crippen LogP contribution in [0.15, 0.2) is 27.5 Å². The van der Waals surface area contributed by atoms with Crippen molar-refractivity contribution in [3.63, 3.8) is 0 Å². The summed E-state index contributed by atoms with van der Waals surface area (Å²) in [4.78, 5) is 9.30. The topological polar surface area (TPSA) is 65.1 Å². The molecule has 25 heavy (non-hydrogen) atoms. The van der Waals surface area contributed by atoms with Crippen molar-refractivity contribution in [3.05, 3.63) is 22.5 Å². The van der Waals surface area contributed by atoms with Gasteiger partial charge in [0.05, 0.1) is 11.4 Å². The maximum atomic E-state index is 9.42. The fourth-order valence-corrected chi connectivity index (χ4v) is 3.48. The summed E-state index contributed by atoms with van der Waals surface area (Å²) in [6.45, 7) is 10.3. The molecular formula is C19H32N4OS. The zero-order valence-electron chi connectivity index (χ0n) is 15.8. The van der Waals surface area contributed by atoms with Crippen LogP contribution in [0.4, 0.5) is 0 Å². The highest BCUT2D eigenvalue weighted by atomic mass is 32.1. The lowest BCUT2D eigenvalue weighted by atomic mass is 9.94. The third-order valence-electron chi connectivity index (χ3n) is 5.16. The van der Waals surface area contributed by atoms with E-state index >= 15 is 0 Å². The van der Waals surface area contributed by atoms with Crippen LogP contribution in [0.5, 0.6) is 0 Å². The second-order valence-electron chi connectivity index (χ2n) is 6.96. The second-order valence-corrected chi connectivity index (χ2v) is 7.38. The highest BCUT2D eigenvalue weighted by Crippen LogP contribution is 2.32. The van der Waals surface area contributed by atoms with Crippen LogP contribution in [0.2, 0.25) is 0 Å². The first kappa shape index (κ1) is 19.9. The van der Waals surface area contributed by atoms with Gasteiger partial charge in [0.2, 0.25) is 0 Å². The van der Waals surface area contributed by atoms with Crippen molar-refractivity contribution in [1.29, 1.82) is 0 Å². The summed E-state index contributed by atoms with van der Waals surface area (Å²) >= 11 is 5.08. The minimum atomic E-state index is 0.296. The van der Waals surface area contributed by atoms with Gasteiger partial charge in [0, 0.05) is 39.0 Å². The zero-order chi connectivity index (χ0) is 18.4. The molecule has 0 aromatic rings. The van der Waals surface area contributed by atoms with Crippen molar-refractivity contribution in [2.75, 3.05) is 32.8 Å². The van der Waals surface area contributed by atoms with Gasteiger partial charge in [-0.1, -0.05) is 13.8 Å². The lowest BCUT2D eigenvalue weighted by molar-refractivity contribution is 0.151. The van der Waals surface area contributed by atoms with Crippen LogP contribution in [-0.2, 0) is 0 Å². The van der Waals surface area contributed by atoms with Crippen LogP contribution in [0.25, 0.3) is 0 Å². The number of hydrogen-bond acceptors (Lipinski definition) is 4. The summed E-state index contributed by atoms with van der Waals surface area (Å²) in [6.07, 6.45) is 5.99. The fourth-order valence-electron chi connectivity index (χ4n) is 3.35. The molecule has 0 aromatic heterocycles. The average molecular weight is 365 g/mol. The summed E-state index contributed by atoms with van der Waals surface area (Å²) < 4.78 is 0. The molecule has 0 atom stereocenters. The summed E-state index contributed by atoms with van der Waals surface area (Å²) in [7, 11) is 0. The summed E-state index contributed by atoms with van der Waals surface area (Å²) in [5.41, 5.74) is 10.8. The fraction of sp³-hybridized carbons (Fsp3) is 0.684. The van der Waals surface area contributed by atoms with Crippen LogP contribution < -0.4 is 5.73 Å². The molecule has 6 heteroatoms. The molecule has 2 fully saturated rings. The first-order chi connectivity index (χ1) is 12.0. The Kier molecular flexibility index (Phi) is 7.44. The molecule has 2 aliphatic rings. The molecule has 5 nitrogen and oxygen atoms in total. The number of nitrogens with zero attached hydrogens (tertiary/aromatic N) is 3. The van der Waals surface area contributed by atoms with Crippen LogP contribution in [-0.4, -0.2) is 59.0 Å². The molecular weight excluding hydrogens is 332 g/mol. The minimum absolute atomic E-state index is 0.296. The quantitative estimate of drug-likeness (QED) is 0.560. The lowest BCUT2D eigenvalue weighted by Crippen LogP contribution is -2.48. The first-order valence-electron chi connectivity index (χ1n) is 9.36. The highest BCUT2D eigenvalue weighted by molar-refractivity contribution is 7.80. The lowest BCUT2D eigenvalue weighted by Gasteiger charge is -2.40. The van der Waals surface area contributed by atoms with Crippen molar-refractivity contribution in [2.45, 2.75) is 46.5 Å². The summed E-state index contributed by atoms with van der Waals surface area (Å²) in [5, 5.41) is 9.88. The molecule has 0 aliphatic carbocycles. The Morgan fingerprint density at radius 1 is 1.28 bits per heavy atom. The van der Waals surface area contributed by atoms with E-state index in [1.165, 1.54) is 16.8 Å². The Morgan fingerprint density at radius 2 is 1.92 bits per heavy atom. The third-order valence-corrected chi connectivity index (χ3v) is 5.42. The van der Waals surface area contributed by atoms with Crippen LogP contribution >= 0.6 is 12.2 Å². The van der Waals surface area contributed by atoms with E-state index in [-0.39, 0.29) is 0 Å². The predicted octanol–water partition coefficient (Wildman–Crippen LogP) is 2.67. The van der Waals surface area contributed by atoms with Crippen molar-refractivity contribution in [3.8, 4) is 0 Å². The van der Waals surface area contributed by atoms with Crippen molar-refractivity contribution >= 4 is 23.5 Å². The number of nitrogens with two attached hydrogens (primary N) is 1. The van der Waals surface area contributed by atoms with Gasteiger partial charge in [-0.05, 0) is 61.9 Å². The van der Waals surface area contributed by atoms with Gasteiger partial charge in [-0.2, -0.15) is 0 Å². The molecule has 2 heterocycles. The standard InChI is InChI=1S/C19H32N4OS/c1-4-8-21-17(16-11-23(12-16)19(20)25)18(14(3)5-2)22-9-6-15(13-24)7-10-22/h8,15,24H,4-7,9-13H2,1-3H3,(H2,20,25). The average Bonchev–Trinajstić information content (AvgIpc) is 2.58. The van der Waals surface area contributed by atoms with Crippen molar-refractivity contribution < 1.29 is 5.11 Å². The molecule has 3 N–H and O–H groups in total. The Morgan fingerprint density at radius 3 is 2.40 bits per heavy atom.